The number of benzene rings is 1. The molecule has 2 aliphatic heterocycles. The van der Waals surface area contributed by atoms with Gasteiger partial charge in [0.1, 0.15) is 11.5 Å². The molecule has 0 spiro atoms. The van der Waals surface area contributed by atoms with Gasteiger partial charge in [-0.15, -0.1) is 11.3 Å². The van der Waals surface area contributed by atoms with Crippen molar-refractivity contribution in [3.05, 3.63) is 73.3 Å². The number of anilines is 1. The average molecular weight is 497 g/mol. The van der Waals surface area contributed by atoms with Gasteiger partial charge >= 0.3 is 0 Å². The molecule has 3 aromatic rings. The summed E-state index contributed by atoms with van der Waals surface area (Å²) < 4.78 is 14.6. The van der Waals surface area contributed by atoms with Crippen molar-refractivity contribution in [2.45, 2.75) is 38.1 Å². The number of hydrogen-bond donors (Lipinski definition) is 3. The second-order valence-electron chi connectivity index (χ2n) is 8.79. The summed E-state index contributed by atoms with van der Waals surface area (Å²) in [5.74, 6) is -1.19. The van der Waals surface area contributed by atoms with E-state index in [4.69, 9.17) is 0 Å². The molecule has 35 heavy (non-hydrogen) atoms. The van der Waals surface area contributed by atoms with Gasteiger partial charge < -0.3 is 15.5 Å². The van der Waals surface area contributed by atoms with Crippen LogP contribution in [-0.4, -0.2) is 57.6 Å². The van der Waals surface area contributed by atoms with E-state index in [0.717, 1.165) is 18.7 Å². The van der Waals surface area contributed by atoms with Crippen molar-refractivity contribution in [3.63, 3.8) is 0 Å². The van der Waals surface area contributed by atoms with Crippen molar-refractivity contribution in [2.75, 3.05) is 25.0 Å². The molecule has 0 radical (unpaired) electrons. The average Bonchev–Trinajstić information content (AvgIpc) is 3.42. The molecule has 1 aromatic carbocycles. The number of carbonyl (C=O) groups excluding carboxylic acids is 2. The van der Waals surface area contributed by atoms with Gasteiger partial charge in [-0.25, -0.2) is 14.5 Å². The lowest BCUT2D eigenvalue weighted by Crippen LogP contribution is -2.46. The third kappa shape index (κ3) is 4.95. The number of aromatic amines is 1. The molecule has 2 amide bonds. The first kappa shape index (κ1) is 23.2. The molecule has 0 bridgehead atoms. The maximum Gasteiger partial charge on any atom is 0.273 e. The summed E-state index contributed by atoms with van der Waals surface area (Å²) in [4.78, 5) is 43.2. The van der Waals surface area contributed by atoms with E-state index in [9.17, 15) is 18.8 Å². The Balaban J connectivity index is 1.24. The number of nitrogens with zero attached hydrogens (tertiary/aromatic N) is 3. The van der Waals surface area contributed by atoms with E-state index in [1.807, 2.05) is 0 Å². The highest BCUT2D eigenvalue weighted by Crippen LogP contribution is 2.24. The third-order valence-corrected chi connectivity index (χ3v) is 7.06. The number of piperidine rings is 1. The molecule has 2 aliphatic rings. The van der Waals surface area contributed by atoms with Crippen molar-refractivity contribution in [2.24, 2.45) is 0 Å². The molecule has 4 heterocycles. The summed E-state index contributed by atoms with van der Waals surface area (Å²) in [5, 5.41) is 14.6. The van der Waals surface area contributed by atoms with Crippen molar-refractivity contribution in [1.29, 1.82) is 0 Å². The van der Waals surface area contributed by atoms with Crippen LogP contribution in [0.15, 0.2) is 33.9 Å². The highest BCUT2D eigenvalue weighted by molar-refractivity contribution is 7.07. The number of aromatic nitrogens is 3. The molecular formula is C24H25FN6O3S. The third-order valence-electron chi connectivity index (χ3n) is 6.48. The van der Waals surface area contributed by atoms with Crippen LogP contribution in [0.2, 0.25) is 0 Å². The molecule has 11 heteroatoms. The minimum Gasteiger partial charge on any atom is -0.383 e. The zero-order chi connectivity index (χ0) is 24.4. The zero-order valence-electron chi connectivity index (χ0n) is 19.0. The van der Waals surface area contributed by atoms with Gasteiger partial charge in [-0.1, -0.05) is 6.07 Å². The summed E-state index contributed by atoms with van der Waals surface area (Å²) in [7, 11) is 0. The molecule has 3 N–H and O–H groups in total. The van der Waals surface area contributed by atoms with Crippen molar-refractivity contribution in [3.8, 4) is 0 Å². The van der Waals surface area contributed by atoms with Crippen LogP contribution in [0.4, 0.5) is 10.1 Å². The fraction of sp³-hybridized carbons (Fsp3) is 0.375. The highest BCUT2D eigenvalue weighted by Gasteiger charge is 2.26. The van der Waals surface area contributed by atoms with Gasteiger partial charge in [0.15, 0.2) is 0 Å². The molecule has 0 atom stereocenters. The van der Waals surface area contributed by atoms with Crippen LogP contribution in [0, 0.1) is 5.82 Å². The van der Waals surface area contributed by atoms with E-state index in [1.54, 1.807) is 21.9 Å². The predicted octanol–water partition coefficient (Wildman–Crippen LogP) is 2.35. The first-order valence-corrected chi connectivity index (χ1v) is 12.5. The van der Waals surface area contributed by atoms with Gasteiger partial charge in [-0.05, 0) is 43.4 Å². The standard InChI is InChI=1S/C24H25FN6O3S/c25-18-4-3-14(11-19-21-16(2-1-7-26-21)23(33)30-29-19)10-17(18)22(32)28-15-5-8-31(9-6-15)24(34)20-12-35-13-27-20/h3-4,10,12-13,15,26H,1-2,5-9,11H2,(H,28,32)(H,30,33). The molecule has 0 aliphatic carbocycles. The minimum atomic E-state index is -0.600. The van der Waals surface area contributed by atoms with Gasteiger partial charge in [0, 0.05) is 43.0 Å². The van der Waals surface area contributed by atoms with Crippen LogP contribution in [0.3, 0.4) is 0 Å². The lowest BCUT2D eigenvalue weighted by Gasteiger charge is -2.32. The number of halogens is 1. The lowest BCUT2D eigenvalue weighted by molar-refractivity contribution is 0.0693. The summed E-state index contributed by atoms with van der Waals surface area (Å²) in [5.41, 5.74) is 4.62. The quantitative estimate of drug-likeness (QED) is 0.499. The number of carbonyl (C=O) groups is 2. The van der Waals surface area contributed by atoms with E-state index >= 15 is 0 Å². The second-order valence-corrected chi connectivity index (χ2v) is 9.51. The number of rotatable bonds is 5. The van der Waals surface area contributed by atoms with Crippen molar-refractivity contribution < 1.29 is 14.0 Å². The number of amides is 2. The number of H-pyrrole nitrogens is 1. The number of hydrogen-bond acceptors (Lipinski definition) is 7. The Labute approximate surface area is 204 Å². The molecule has 2 aromatic heterocycles. The van der Waals surface area contributed by atoms with Crippen LogP contribution >= 0.6 is 11.3 Å². The van der Waals surface area contributed by atoms with Crippen LogP contribution < -0.4 is 16.2 Å². The van der Waals surface area contributed by atoms with Gasteiger partial charge in [-0.2, -0.15) is 5.10 Å². The molecule has 5 rings (SSSR count). The van der Waals surface area contributed by atoms with Crippen molar-refractivity contribution in [1.82, 2.24) is 25.4 Å². The van der Waals surface area contributed by atoms with E-state index in [-0.39, 0.29) is 23.1 Å². The minimum absolute atomic E-state index is 0.0327. The predicted molar refractivity (Wildman–Crippen MR) is 129 cm³/mol. The van der Waals surface area contributed by atoms with Gasteiger partial charge in [0.25, 0.3) is 17.4 Å². The topological polar surface area (TPSA) is 120 Å². The van der Waals surface area contributed by atoms with Crippen molar-refractivity contribution >= 4 is 28.8 Å². The van der Waals surface area contributed by atoms with Crippen LogP contribution in [0.1, 0.15) is 56.9 Å². The number of likely N-dealkylation sites (tertiary alicyclic amines) is 1. The van der Waals surface area contributed by atoms with E-state index < -0.39 is 11.7 Å². The zero-order valence-corrected chi connectivity index (χ0v) is 19.8. The van der Waals surface area contributed by atoms with E-state index in [1.165, 1.54) is 23.5 Å². The van der Waals surface area contributed by atoms with Crippen LogP contribution in [-0.2, 0) is 12.8 Å². The Morgan fingerprint density at radius 1 is 1.26 bits per heavy atom. The second kappa shape index (κ2) is 9.95. The number of fused-ring (bicyclic) bond motifs is 1. The Kier molecular flexibility index (Phi) is 6.58. The largest absolute Gasteiger partial charge is 0.383 e. The van der Waals surface area contributed by atoms with Gasteiger partial charge in [0.05, 0.1) is 22.5 Å². The van der Waals surface area contributed by atoms with E-state index in [0.29, 0.717) is 61.3 Å². The molecule has 182 valence electrons. The monoisotopic (exact) mass is 496 g/mol. The Hall–Kier alpha value is -3.60. The Morgan fingerprint density at radius 2 is 2.09 bits per heavy atom. The molecule has 0 saturated carbocycles. The normalized spacial score (nSPS) is 15.9. The molecule has 1 fully saturated rings. The summed E-state index contributed by atoms with van der Waals surface area (Å²) in [6.07, 6.45) is 3.07. The van der Waals surface area contributed by atoms with E-state index in [2.05, 4.69) is 25.8 Å². The first-order chi connectivity index (χ1) is 17.0. The summed E-state index contributed by atoms with van der Waals surface area (Å²) >= 11 is 1.37. The lowest BCUT2D eigenvalue weighted by atomic mass is 9.99. The SMILES string of the molecule is O=C(NC1CCN(C(=O)c2cscn2)CC1)c1cc(Cc2n[nH]c(=O)c3c2NCCC3)ccc1F. The molecular weight excluding hydrogens is 471 g/mol. The fourth-order valence-electron chi connectivity index (χ4n) is 4.60. The summed E-state index contributed by atoms with van der Waals surface area (Å²) in [6, 6.07) is 4.29. The molecule has 1 saturated heterocycles. The Bertz CT molecular complexity index is 1300. The molecule has 0 unspecified atom stereocenters. The van der Waals surface area contributed by atoms with Gasteiger partial charge in [-0.3, -0.25) is 14.4 Å². The maximum atomic E-state index is 14.6. The van der Waals surface area contributed by atoms with Crippen LogP contribution in [0.5, 0.6) is 0 Å². The highest BCUT2D eigenvalue weighted by atomic mass is 32.1. The summed E-state index contributed by atoms with van der Waals surface area (Å²) in [6.45, 7) is 1.76. The fourth-order valence-corrected chi connectivity index (χ4v) is 5.13. The molecule has 9 nitrogen and oxygen atoms in total. The van der Waals surface area contributed by atoms with Crippen LogP contribution in [0.25, 0.3) is 0 Å². The smallest absolute Gasteiger partial charge is 0.273 e. The number of nitrogens with one attached hydrogen (secondary N) is 3. The first-order valence-electron chi connectivity index (χ1n) is 11.6. The maximum absolute atomic E-state index is 14.6. The van der Waals surface area contributed by atoms with Gasteiger partial charge in [0.2, 0.25) is 0 Å². The number of thiazole rings is 1. The Morgan fingerprint density at radius 3 is 2.86 bits per heavy atom.